The van der Waals surface area contributed by atoms with Crippen LogP contribution in [0.3, 0.4) is 0 Å². The maximum absolute atomic E-state index is 13.8. The molecule has 0 aliphatic heterocycles. The molecule has 138 valence electrons. The molecule has 3 N–H and O–H groups in total. The lowest BCUT2D eigenvalue weighted by Gasteiger charge is -2.18. The van der Waals surface area contributed by atoms with E-state index in [1.165, 1.54) is 11.6 Å². The van der Waals surface area contributed by atoms with Gasteiger partial charge in [0.05, 0.1) is 12.6 Å². The van der Waals surface area contributed by atoms with Crippen molar-refractivity contribution in [1.82, 2.24) is 10.6 Å². The summed E-state index contributed by atoms with van der Waals surface area (Å²) < 4.78 is 13.8. The maximum Gasteiger partial charge on any atom is 0.191 e. The SMILES string of the molecule is CCNC(=NCC1(c2ccccc2)CC1)NCC(O)c1ccccc1F. The Morgan fingerprint density at radius 1 is 1.12 bits per heavy atom. The van der Waals surface area contributed by atoms with Crippen LogP contribution in [-0.2, 0) is 5.41 Å². The number of halogens is 1. The fraction of sp³-hybridized carbons (Fsp3) is 0.381. The number of guanidine groups is 1. The molecule has 0 spiro atoms. The van der Waals surface area contributed by atoms with E-state index in [0.717, 1.165) is 19.4 Å². The zero-order valence-corrected chi connectivity index (χ0v) is 15.1. The number of hydrogen-bond donors (Lipinski definition) is 3. The second kappa shape index (κ2) is 8.32. The summed E-state index contributed by atoms with van der Waals surface area (Å²) in [5.41, 5.74) is 1.75. The standard InChI is InChI=1S/C21H26FN3O/c1-2-23-20(24-14-19(26)17-10-6-7-11-18(17)22)25-15-21(12-13-21)16-8-4-3-5-9-16/h3-11,19,26H,2,12-15H2,1H3,(H2,23,24,25). The molecule has 0 bridgehead atoms. The number of rotatable bonds is 7. The molecule has 26 heavy (non-hydrogen) atoms. The van der Waals surface area contributed by atoms with E-state index in [2.05, 4.69) is 34.9 Å². The van der Waals surface area contributed by atoms with Crippen molar-refractivity contribution in [3.63, 3.8) is 0 Å². The molecule has 1 aliphatic rings. The van der Waals surface area contributed by atoms with Crippen molar-refractivity contribution in [2.45, 2.75) is 31.3 Å². The van der Waals surface area contributed by atoms with Crippen molar-refractivity contribution in [3.05, 3.63) is 71.5 Å². The lowest BCUT2D eigenvalue weighted by atomic mass is 9.96. The summed E-state index contributed by atoms with van der Waals surface area (Å²) in [7, 11) is 0. The number of nitrogens with one attached hydrogen (secondary N) is 2. The Bertz CT molecular complexity index is 744. The molecule has 1 atom stereocenters. The van der Waals surface area contributed by atoms with Crippen LogP contribution in [0.1, 0.15) is 37.0 Å². The molecule has 0 aromatic heterocycles. The normalized spacial score (nSPS) is 16.8. The Morgan fingerprint density at radius 3 is 2.46 bits per heavy atom. The van der Waals surface area contributed by atoms with Crippen molar-refractivity contribution in [1.29, 1.82) is 0 Å². The second-order valence-corrected chi connectivity index (χ2v) is 6.76. The fourth-order valence-corrected chi connectivity index (χ4v) is 3.10. The highest BCUT2D eigenvalue weighted by Gasteiger charge is 2.43. The van der Waals surface area contributed by atoms with Gasteiger partial charge in [0.1, 0.15) is 5.82 Å². The third kappa shape index (κ3) is 4.41. The molecule has 5 heteroatoms. The molecule has 1 aliphatic carbocycles. The molecule has 1 unspecified atom stereocenters. The molecular weight excluding hydrogens is 329 g/mol. The summed E-state index contributed by atoms with van der Waals surface area (Å²) in [6.07, 6.45) is 1.35. The summed E-state index contributed by atoms with van der Waals surface area (Å²) >= 11 is 0. The summed E-state index contributed by atoms with van der Waals surface area (Å²) in [6, 6.07) is 16.8. The summed E-state index contributed by atoms with van der Waals surface area (Å²) in [6.45, 7) is 3.61. The Balaban J connectivity index is 1.62. The maximum atomic E-state index is 13.8. The fourth-order valence-electron chi connectivity index (χ4n) is 3.10. The van der Waals surface area contributed by atoms with Gasteiger partial charge in [-0.3, -0.25) is 4.99 Å². The van der Waals surface area contributed by atoms with Crippen LogP contribution in [0.4, 0.5) is 4.39 Å². The highest BCUT2D eigenvalue weighted by Crippen LogP contribution is 2.48. The van der Waals surface area contributed by atoms with Crippen LogP contribution in [-0.4, -0.2) is 30.7 Å². The Kier molecular flexibility index (Phi) is 5.89. The van der Waals surface area contributed by atoms with E-state index >= 15 is 0 Å². The van der Waals surface area contributed by atoms with Crippen molar-refractivity contribution >= 4 is 5.96 Å². The van der Waals surface area contributed by atoms with E-state index in [4.69, 9.17) is 4.99 Å². The predicted octanol–water partition coefficient (Wildman–Crippen LogP) is 3.15. The first-order valence-electron chi connectivity index (χ1n) is 9.15. The van der Waals surface area contributed by atoms with Crippen LogP contribution in [0.2, 0.25) is 0 Å². The summed E-state index contributed by atoms with van der Waals surface area (Å²) in [4.78, 5) is 4.70. The van der Waals surface area contributed by atoms with E-state index < -0.39 is 11.9 Å². The van der Waals surface area contributed by atoms with Crippen LogP contribution in [0, 0.1) is 5.82 Å². The van der Waals surface area contributed by atoms with Crippen LogP contribution < -0.4 is 10.6 Å². The molecule has 0 saturated heterocycles. The molecule has 1 fully saturated rings. The minimum atomic E-state index is -0.927. The molecule has 2 aromatic rings. The third-order valence-electron chi connectivity index (χ3n) is 4.85. The Labute approximate surface area is 154 Å². The van der Waals surface area contributed by atoms with Crippen molar-refractivity contribution in [3.8, 4) is 0 Å². The zero-order chi connectivity index (χ0) is 18.4. The van der Waals surface area contributed by atoms with Gasteiger partial charge in [0.2, 0.25) is 0 Å². The first-order chi connectivity index (χ1) is 12.6. The van der Waals surface area contributed by atoms with E-state index in [1.54, 1.807) is 18.2 Å². The minimum Gasteiger partial charge on any atom is -0.386 e. The number of aliphatic hydroxyl groups is 1. The molecule has 0 amide bonds. The van der Waals surface area contributed by atoms with Gasteiger partial charge in [-0.25, -0.2) is 4.39 Å². The minimum absolute atomic E-state index is 0.133. The second-order valence-electron chi connectivity index (χ2n) is 6.76. The first-order valence-corrected chi connectivity index (χ1v) is 9.15. The average Bonchev–Trinajstić information content (AvgIpc) is 3.46. The van der Waals surface area contributed by atoms with Crippen molar-refractivity contribution in [2.75, 3.05) is 19.6 Å². The highest BCUT2D eigenvalue weighted by atomic mass is 19.1. The summed E-state index contributed by atoms with van der Waals surface area (Å²) in [5.74, 6) is 0.245. The largest absolute Gasteiger partial charge is 0.386 e. The van der Waals surface area contributed by atoms with Crippen LogP contribution in [0.5, 0.6) is 0 Å². The smallest absolute Gasteiger partial charge is 0.191 e. The van der Waals surface area contributed by atoms with E-state index in [-0.39, 0.29) is 12.0 Å². The quantitative estimate of drug-likeness (QED) is 0.528. The lowest BCUT2D eigenvalue weighted by Crippen LogP contribution is -2.40. The van der Waals surface area contributed by atoms with Crippen LogP contribution >= 0.6 is 0 Å². The Hall–Kier alpha value is -2.40. The van der Waals surface area contributed by atoms with E-state index in [1.807, 2.05) is 13.0 Å². The van der Waals surface area contributed by atoms with Gasteiger partial charge in [-0.1, -0.05) is 48.5 Å². The van der Waals surface area contributed by atoms with E-state index in [0.29, 0.717) is 18.1 Å². The van der Waals surface area contributed by atoms with Gasteiger partial charge in [0.25, 0.3) is 0 Å². The van der Waals surface area contributed by atoms with Gasteiger partial charge in [-0.05, 0) is 31.4 Å². The molecular formula is C21H26FN3O. The monoisotopic (exact) mass is 355 g/mol. The molecule has 3 rings (SSSR count). The first kappa shape index (κ1) is 18.4. The lowest BCUT2D eigenvalue weighted by molar-refractivity contribution is 0.176. The van der Waals surface area contributed by atoms with Gasteiger partial charge in [0, 0.05) is 24.1 Å². The van der Waals surface area contributed by atoms with Gasteiger partial charge < -0.3 is 15.7 Å². The Morgan fingerprint density at radius 2 is 1.81 bits per heavy atom. The molecule has 2 aromatic carbocycles. The number of aliphatic imine (C=N–C) groups is 1. The highest BCUT2D eigenvalue weighted by molar-refractivity contribution is 5.79. The molecule has 0 radical (unpaired) electrons. The van der Waals surface area contributed by atoms with Crippen LogP contribution in [0.25, 0.3) is 0 Å². The van der Waals surface area contributed by atoms with Gasteiger partial charge >= 0.3 is 0 Å². The van der Waals surface area contributed by atoms with Crippen LogP contribution in [0.15, 0.2) is 59.6 Å². The third-order valence-corrected chi connectivity index (χ3v) is 4.85. The zero-order valence-electron chi connectivity index (χ0n) is 15.1. The topological polar surface area (TPSA) is 56.7 Å². The molecule has 0 heterocycles. The number of nitrogens with zero attached hydrogens (tertiary/aromatic N) is 1. The number of aliphatic hydroxyl groups excluding tert-OH is 1. The average molecular weight is 355 g/mol. The van der Waals surface area contributed by atoms with Gasteiger partial charge in [0.15, 0.2) is 5.96 Å². The number of benzene rings is 2. The van der Waals surface area contributed by atoms with E-state index in [9.17, 15) is 9.50 Å². The molecule has 1 saturated carbocycles. The van der Waals surface area contributed by atoms with Crippen molar-refractivity contribution in [2.24, 2.45) is 4.99 Å². The number of hydrogen-bond acceptors (Lipinski definition) is 2. The predicted molar refractivity (Wildman–Crippen MR) is 103 cm³/mol. The van der Waals surface area contributed by atoms with Gasteiger partial charge in [-0.2, -0.15) is 0 Å². The molecule has 4 nitrogen and oxygen atoms in total. The van der Waals surface area contributed by atoms with Gasteiger partial charge in [-0.15, -0.1) is 0 Å². The summed E-state index contributed by atoms with van der Waals surface area (Å²) in [5, 5.41) is 16.6. The van der Waals surface area contributed by atoms with Crippen molar-refractivity contribution < 1.29 is 9.50 Å².